The molecule has 0 saturated heterocycles. The van der Waals surface area contributed by atoms with Gasteiger partial charge in [-0.2, -0.15) is 0 Å². The Kier molecular flexibility index (Phi) is 5.16. The number of pyridine rings is 1. The molecule has 1 aliphatic rings. The van der Waals surface area contributed by atoms with Crippen LogP contribution in [-0.4, -0.2) is 37.8 Å². The molecule has 1 N–H and O–H groups in total. The Balaban J connectivity index is 2.02. The van der Waals surface area contributed by atoms with Crippen molar-refractivity contribution >= 4 is 5.69 Å². The standard InChI is InChI=1S/C15H25N3O/c1-4-16-12(2)15-8-7-14(11-17-15)18(9-10-19-3)13-5-6-13/h7-8,11-13,16H,4-6,9-10H2,1-3H3. The summed E-state index contributed by atoms with van der Waals surface area (Å²) in [5.41, 5.74) is 2.32. The van der Waals surface area contributed by atoms with Crippen LogP contribution in [0.4, 0.5) is 5.69 Å². The van der Waals surface area contributed by atoms with Crippen LogP contribution in [0, 0.1) is 0 Å². The molecule has 19 heavy (non-hydrogen) atoms. The summed E-state index contributed by atoms with van der Waals surface area (Å²) in [6.45, 7) is 6.95. The van der Waals surface area contributed by atoms with Gasteiger partial charge in [0.05, 0.1) is 24.2 Å². The number of methoxy groups -OCH3 is 1. The Morgan fingerprint density at radius 3 is 2.79 bits per heavy atom. The molecule has 106 valence electrons. The molecular formula is C15H25N3O. The first-order chi connectivity index (χ1) is 9.26. The molecule has 4 heteroatoms. The van der Waals surface area contributed by atoms with E-state index in [2.05, 4.69) is 41.2 Å². The molecule has 1 unspecified atom stereocenters. The zero-order valence-corrected chi connectivity index (χ0v) is 12.2. The number of nitrogens with zero attached hydrogens (tertiary/aromatic N) is 2. The maximum Gasteiger partial charge on any atom is 0.0637 e. The second-order valence-electron chi connectivity index (χ2n) is 5.14. The van der Waals surface area contributed by atoms with E-state index in [4.69, 9.17) is 4.74 Å². The number of nitrogens with one attached hydrogen (secondary N) is 1. The van der Waals surface area contributed by atoms with Crippen LogP contribution >= 0.6 is 0 Å². The number of hydrogen-bond acceptors (Lipinski definition) is 4. The number of ether oxygens (including phenoxy) is 1. The van der Waals surface area contributed by atoms with Gasteiger partial charge in [-0.1, -0.05) is 6.92 Å². The number of rotatable bonds is 8. The number of aromatic nitrogens is 1. The molecule has 0 amide bonds. The fourth-order valence-corrected chi connectivity index (χ4v) is 2.33. The van der Waals surface area contributed by atoms with E-state index in [0.29, 0.717) is 12.1 Å². The maximum absolute atomic E-state index is 5.19. The summed E-state index contributed by atoms with van der Waals surface area (Å²) in [6, 6.07) is 5.32. The second-order valence-corrected chi connectivity index (χ2v) is 5.14. The number of anilines is 1. The molecule has 1 fully saturated rings. The van der Waals surface area contributed by atoms with E-state index in [0.717, 1.165) is 25.4 Å². The highest BCUT2D eigenvalue weighted by atomic mass is 16.5. The van der Waals surface area contributed by atoms with Gasteiger partial charge in [-0.15, -0.1) is 0 Å². The van der Waals surface area contributed by atoms with Crippen LogP contribution in [0.3, 0.4) is 0 Å². The maximum atomic E-state index is 5.19. The van der Waals surface area contributed by atoms with Crippen molar-refractivity contribution in [2.45, 2.75) is 38.8 Å². The van der Waals surface area contributed by atoms with Gasteiger partial charge in [-0.05, 0) is 38.4 Å². The van der Waals surface area contributed by atoms with Crippen molar-refractivity contribution in [2.75, 3.05) is 31.7 Å². The molecular weight excluding hydrogens is 238 g/mol. The quantitative estimate of drug-likeness (QED) is 0.781. The summed E-state index contributed by atoms with van der Waals surface area (Å²) >= 11 is 0. The van der Waals surface area contributed by atoms with Crippen molar-refractivity contribution in [3.8, 4) is 0 Å². The van der Waals surface area contributed by atoms with Gasteiger partial charge in [0, 0.05) is 25.7 Å². The minimum atomic E-state index is 0.312. The average molecular weight is 263 g/mol. The van der Waals surface area contributed by atoms with Crippen molar-refractivity contribution in [1.29, 1.82) is 0 Å². The predicted octanol–water partition coefficient (Wildman–Crippen LogP) is 2.37. The van der Waals surface area contributed by atoms with Crippen LogP contribution in [-0.2, 0) is 4.74 Å². The molecule has 1 heterocycles. The zero-order valence-electron chi connectivity index (χ0n) is 12.2. The third-order valence-corrected chi connectivity index (χ3v) is 3.58. The fourth-order valence-electron chi connectivity index (χ4n) is 2.33. The van der Waals surface area contributed by atoms with E-state index in [9.17, 15) is 0 Å². The minimum Gasteiger partial charge on any atom is -0.383 e. The fraction of sp³-hybridized carbons (Fsp3) is 0.667. The van der Waals surface area contributed by atoms with Gasteiger partial charge in [0.2, 0.25) is 0 Å². The van der Waals surface area contributed by atoms with Gasteiger partial charge >= 0.3 is 0 Å². The Morgan fingerprint density at radius 2 is 2.26 bits per heavy atom. The summed E-state index contributed by atoms with van der Waals surface area (Å²) in [6.07, 6.45) is 4.58. The lowest BCUT2D eigenvalue weighted by Crippen LogP contribution is -2.29. The van der Waals surface area contributed by atoms with Crippen LogP contribution in [0.15, 0.2) is 18.3 Å². The minimum absolute atomic E-state index is 0.312. The largest absolute Gasteiger partial charge is 0.383 e. The Bertz CT molecular complexity index is 375. The SMILES string of the molecule is CCNC(C)c1ccc(N(CCOC)C2CC2)cn1. The van der Waals surface area contributed by atoms with Gasteiger partial charge in [0.15, 0.2) is 0 Å². The summed E-state index contributed by atoms with van der Waals surface area (Å²) in [7, 11) is 1.75. The number of hydrogen-bond donors (Lipinski definition) is 1. The molecule has 2 rings (SSSR count). The lowest BCUT2D eigenvalue weighted by molar-refractivity contribution is 0.205. The summed E-state index contributed by atoms with van der Waals surface area (Å²) in [4.78, 5) is 7.01. The topological polar surface area (TPSA) is 37.4 Å². The Morgan fingerprint density at radius 1 is 1.47 bits per heavy atom. The van der Waals surface area contributed by atoms with Crippen LogP contribution in [0.1, 0.15) is 38.4 Å². The molecule has 1 aromatic rings. The predicted molar refractivity (Wildman–Crippen MR) is 78.6 cm³/mol. The van der Waals surface area contributed by atoms with E-state index in [1.807, 2.05) is 6.20 Å². The highest BCUT2D eigenvalue weighted by Crippen LogP contribution is 2.31. The smallest absolute Gasteiger partial charge is 0.0637 e. The van der Waals surface area contributed by atoms with E-state index in [1.165, 1.54) is 18.5 Å². The van der Waals surface area contributed by atoms with Gasteiger partial charge in [-0.3, -0.25) is 4.98 Å². The molecule has 1 aliphatic carbocycles. The molecule has 1 atom stereocenters. The summed E-state index contributed by atoms with van der Waals surface area (Å²) in [5.74, 6) is 0. The monoisotopic (exact) mass is 263 g/mol. The van der Waals surface area contributed by atoms with Crippen molar-refractivity contribution in [2.24, 2.45) is 0 Å². The van der Waals surface area contributed by atoms with E-state index >= 15 is 0 Å². The molecule has 1 saturated carbocycles. The summed E-state index contributed by atoms with van der Waals surface area (Å²) < 4.78 is 5.19. The first-order valence-corrected chi connectivity index (χ1v) is 7.21. The highest BCUT2D eigenvalue weighted by Gasteiger charge is 2.29. The third kappa shape index (κ3) is 3.91. The highest BCUT2D eigenvalue weighted by molar-refractivity contribution is 5.47. The van der Waals surface area contributed by atoms with E-state index in [1.54, 1.807) is 7.11 Å². The second kappa shape index (κ2) is 6.87. The van der Waals surface area contributed by atoms with Crippen molar-refractivity contribution in [1.82, 2.24) is 10.3 Å². The average Bonchev–Trinajstić information content (AvgIpc) is 3.25. The van der Waals surface area contributed by atoms with Crippen LogP contribution in [0.25, 0.3) is 0 Å². The molecule has 0 bridgehead atoms. The van der Waals surface area contributed by atoms with Gasteiger partial charge in [0.1, 0.15) is 0 Å². The van der Waals surface area contributed by atoms with Gasteiger partial charge in [0.25, 0.3) is 0 Å². The van der Waals surface area contributed by atoms with E-state index in [-0.39, 0.29) is 0 Å². The Hall–Kier alpha value is -1.13. The van der Waals surface area contributed by atoms with Crippen molar-refractivity contribution < 1.29 is 4.74 Å². The van der Waals surface area contributed by atoms with E-state index < -0.39 is 0 Å². The lowest BCUT2D eigenvalue weighted by Gasteiger charge is -2.24. The third-order valence-electron chi connectivity index (χ3n) is 3.58. The summed E-state index contributed by atoms with van der Waals surface area (Å²) in [5, 5.41) is 3.38. The van der Waals surface area contributed by atoms with Gasteiger partial charge in [-0.25, -0.2) is 0 Å². The van der Waals surface area contributed by atoms with Crippen LogP contribution < -0.4 is 10.2 Å². The molecule has 4 nitrogen and oxygen atoms in total. The lowest BCUT2D eigenvalue weighted by atomic mass is 10.2. The normalized spacial score (nSPS) is 16.4. The first-order valence-electron chi connectivity index (χ1n) is 7.21. The van der Waals surface area contributed by atoms with Crippen LogP contribution in [0.2, 0.25) is 0 Å². The molecule has 0 radical (unpaired) electrons. The molecule has 0 spiro atoms. The molecule has 1 aromatic heterocycles. The van der Waals surface area contributed by atoms with Crippen molar-refractivity contribution in [3.05, 3.63) is 24.0 Å². The Labute approximate surface area is 116 Å². The first kappa shape index (κ1) is 14.3. The molecule has 0 aromatic carbocycles. The molecule has 0 aliphatic heterocycles. The zero-order chi connectivity index (χ0) is 13.7. The van der Waals surface area contributed by atoms with Crippen LogP contribution in [0.5, 0.6) is 0 Å². The van der Waals surface area contributed by atoms with Crippen molar-refractivity contribution in [3.63, 3.8) is 0 Å². The van der Waals surface area contributed by atoms with Gasteiger partial charge < -0.3 is 15.0 Å².